The number of fused-ring (bicyclic) bond motifs is 8. The van der Waals surface area contributed by atoms with Crippen molar-refractivity contribution in [3.63, 3.8) is 0 Å². The molecule has 8 bridgehead atoms. The highest BCUT2D eigenvalue weighted by molar-refractivity contribution is 8.01. The van der Waals surface area contributed by atoms with E-state index in [1.54, 1.807) is 0 Å². The van der Waals surface area contributed by atoms with Gasteiger partial charge in [-0.1, -0.05) is 261 Å². The largest absolute Gasteiger partial charge is 1.00 e. The molecule has 0 spiro atoms. The molecule has 0 aliphatic carbocycles. The number of benzene rings is 4. The summed E-state index contributed by atoms with van der Waals surface area (Å²) in [5.41, 5.74) is 2.55. The number of rotatable bonds is 56. The molecule has 124 heavy (non-hydrogen) atoms. The van der Waals surface area contributed by atoms with Crippen molar-refractivity contribution in [3.05, 3.63) is 70.8 Å². The van der Waals surface area contributed by atoms with Crippen LogP contribution < -0.4 is 89.8 Å². The van der Waals surface area contributed by atoms with Crippen molar-refractivity contribution in [2.45, 2.75) is 351 Å². The average Bonchev–Trinajstić information content (AvgIpc) is 0.762. The first-order valence-corrected chi connectivity index (χ1v) is 50.1. The molecule has 5 rings (SSSR count). The zero-order valence-electron chi connectivity index (χ0n) is 81.9. The van der Waals surface area contributed by atoms with Gasteiger partial charge in [0.2, 0.25) is 0 Å². The lowest BCUT2D eigenvalue weighted by atomic mass is 9.87. The van der Waals surface area contributed by atoms with Gasteiger partial charge in [-0.05, 0) is 144 Å². The van der Waals surface area contributed by atoms with E-state index >= 15 is 0 Å². The van der Waals surface area contributed by atoms with Crippen LogP contribution in [-0.4, -0.2) is 203 Å². The molecule has 1 aliphatic rings. The van der Waals surface area contributed by atoms with Crippen LogP contribution >= 0.6 is 47.0 Å². The molecule has 1 heterocycles. The van der Waals surface area contributed by atoms with Gasteiger partial charge in [0.1, 0.15) is 23.0 Å². The minimum atomic E-state index is -0.394. The molecule has 0 radical (unpaired) electrons. The van der Waals surface area contributed by atoms with E-state index in [2.05, 4.69) is 237 Å². The summed E-state index contributed by atoms with van der Waals surface area (Å²) in [4.78, 5) is 64.4. The van der Waals surface area contributed by atoms with Gasteiger partial charge in [-0.2, -0.15) is 0 Å². The van der Waals surface area contributed by atoms with Crippen LogP contribution in [0, 0.1) is 0 Å². The zero-order chi connectivity index (χ0) is 88.8. The maximum Gasteiger partial charge on any atom is 0.257 e. The summed E-state index contributed by atoms with van der Waals surface area (Å²) in [6.45, 7) is 44.8. The fourth-order valence-electron chi connectivity index (χ4n) is 15.1. The minimum absolute atomic E-state index is 0. The Labute approximate surface area is 798 Å². The zero-order valence-corrected chi connectivity index (χ0v) is 88.2. The van der Waals surface area contributed by atoms with Gasteiger partial charge in [0.15, 0.2) is 26.4 Å². The highest BCUT2D eigenvalue weighted by Gasteiger charge is 2.33. The maximum atomic E-state index is 14.6. The van der Waals surface area contributed by atoms with E-state index in [4.69, 9.17) is 18.9 Å². The Kier molecular flexibility index (Phi) is 56.3. The molecule has 4 N–H and O–H groups in total. The number of hydrogen-bond acceptors (Lipinski definition) is 12. The molecule has 0 atom stereocenters. The second-order valence-electron chi connectivity index (χ2n) is 41.2. The Hall–Kier alpha value is -3.64. The Morgan fingerprint density at radius 3 is 0.548 bits per heavy atom. The summed E-state index contributed by atoms with van der Waals surface area (Å²) >= 11 is 6.03. The number of ether oxygens (including phenoxy) is 4. The van der Waals surface area contributed by atoms with Gasteiger partial charge in [0, 0.05) is 51.9 Å². The Morgan fingerprint density at radius 2 is 0.395 bits per heavy atom. The van der Waals surface area contributed by atoms with Crippen LogP contribution in [0.15, 0.2) is 87.7 Å². The van der Waals surface area contributed by atoms with E-state index in [9.17, 15) is 19.2 Å². The highest BCUT2D eigenvalue weighted by Crippen LogP contribution is 2.57. The number of quaternary nitrogens is 4. The van der Waals surface area contributed by atoms with Crippen LogP contribution in [0.2, 0.25) is 0 Å². The number of amides is 4. The van der Waals surface area contributed by atoms with Crippen molar-refractivity contribution in [1.29, 1.82) is 0 Å². The molecule has 0 aromatic heterocycles. The molecule has 0 saturated heterocycles. The van der Waals surface area contributed by atoms with Crippen molar-refractivity contribution < 1.29 is 106 Å². The predicted octanol–water partition coefficient (Wildman–Crippen LogP) is 11.1. The van der Waals surface area contributed by atoms with Crippen LogP contribution in [0.25, 0.3) is 0 Å². The van der Waals surface area contributed by atoms with Gasteiger partial charge in [0.05, 0.1) is 148 Å². The Bertz CT molecular complexity index is 3190. The smallest absolute Gasteiger partial charge is 0.257 e. The van der Waals surface area contributed by atoms with Crippen molar-refractivity contribution >= 4 is 70.7 Å². The van der Waals surface area contributed by atoms with E-state index in [-0.39, 0.29) is 99.7 Å². The fraction of sp³-hybridized carbons (Fsp3) is 0.720. The molecule has 4 aromatic rings. The molecule has 24 heteroatoms. The topological polar surface area (TPSA) is 153 Å². The summed E-state index contributed by atoms with van der Waals surface area (Å²) in [5, 5.41) is 13.0. The number of nitrogens with zero attached hydrogens (tertiary/aromatic N) is 4. The highest BCUT2D eigenvalue weighted by atomic mass is 35.5. The summed E-state index contributed by atoms with van der Waals surface area (Å²) in [5.74, 6) is 1.16. The summed E-state index contributed by atoms with van der Waals surface area (Å²) in [7, 11) is 18.4. The van der Waals surface area contributed by atoms with Gasteiger partial charge < -0.3 is 108 Å². The molecule has 712 valence electrons. The number of carbonyl (C=O) groups is 4. The van der Waals surface area contributed by atoms with Gasteiger partial charge in [0.25, 0.3) is 23.6 Å². The third-order valence-electron chi connectivity index (χ3n) is 23.3. The normalized spacial score (nSPS) is 12.7. The van der Waals surface area contributed by atoms with Crippen molar-refractivity contribution in [2.24, 2.45) is 0 Å². The molecule has 4 amide bonds. The lowest BCUT2D eigenvalue weighted by Crippen LogP contribution is -3.00. The summed E-state index contributed by atoms with van der Waals surface area (Å²) < 4.78 is 32.3. The molecular formula is C100H172Cl4N8O8S4. The van der Waals surface area contributed by atoms with Crippen molar-refractivity contribution in [2.75, 3.05) is 161 Å². The number of halogens is 4. The quantitative estimate of drug-likeness (QED) is 0.0216. The second kappa shape index (κ2) is 59.0. The SMILES string of the molecule is CCCCCCCC[N+](C)(C)CCCNC(=O)COc1c2cc(C(C)(C)C)cc1Sc1cc(C(C)(C)C)cc(c1OCC(=O)NCCC[N+](C)(C)CCCCCCCC)Sc1cc(C(C)(C)C)cc(c1OCC(=O)NCCC[N+](C)(C)CCCCCCCC)Sc1cc(C(C)(C)C)cc(c1OCC(=O)NCCC[N+](C)(C)CCCCCCCC)S2.[Cl-].[Cl-].[Cl-].[Cl-]. The second-order valence-corrected chi connectivity index (χ2v) is 45.5. The van der Waals surface area contributed by atoms with E-state index in [0.29, 0.717) is 49.2 Å². The fourth-order valence-corrected chi connectivity index (χ4v) is 19.9. The monoisotopic (exact) mass is 1880 g/mol. The first-order chi connectivity index (χ1) is 56.5. The molecule has 1 aliphatic heterocycles. The first kappa shape index (κ1) is 118. The van der Waals surface area contributed by atoms with Gasteiger partial charge in [-0.15, -0.1) is 0 Å². The lowest BCUT2D eigenvalue weighted by molar-refractivity contribution is -0.890. The van der Waals surface area contributed by atoms with Crippen LogP contribution in [-0.2, 0) is 40.8 Å². The van der Waals surface area contributed by atoms with E-state index < -0.39 is 21.7 Å². The Morgan fingerprint density at radius 1 is 0.250 bits per heavy atom. The minimum Gasteiger partial charge on any atom is -1.00 e. The third-order valence-corrected chi connectivity index (χ3v) is 27.5. The number of nitrogens with one attached hydrogen (secondary N) is 4. The van der Waals surface area contributed by atoms with Crippen molar-refractivity contribution in [3.8, 4) is 23.0 Å². The van der Waals surface area contributed by atoms with E-state index in [1.165, 1.54) is 201 Å². The van der Waals surface area contributed by atoms with E-state index in [0.717, 1.165) is 157 Å². The third kappa shape index (κ3) is 45.9. The first-order valence-electron chi connectivity index (χ1n) is 46.8. The Balaban J connectivity index is 0.0000192. The lowest BCUT2D eigenvalue weighted by Gasteiger charge is -2.30. The summed E-state index contributed by atoms with van der Waals surface area (Å²) in [6, 6.07) is 17.6. The standard InChI is InChI=1S/C100H168N8O8S4.4ClH/c1-25-29-33-37-41-45-57-105(17,18)61-49-53-101-89(109)73-113-93-81-65-77(97(5,6)7)66-82(93)118-84-68-79(99(11,12)13)70-86(95(84)115-75-91(111)103-55-51-63-107(21,22)59-47-43-39-35-31-27-3)120-88-72-80(100(14,15)16)71-87(96(88)116-76-92(112)104-56-52-64-108(23,24)60-48-44-40-36-32-28-4)119-85-69-78(98(8,9)10)67-83(117-81)94(85)114-74-90(110)102-54-50-62-106(19,20)58-46-42-38-34-30-26-2;;;;/h65-72H,25-64,73-76H2,1-24H3;4*1H. The van der Waals surface area contributed by atoms with Crippen molar-refractivity contribution in [1.82, 2.24) is 21.3 Å². The average molecular weight is 1880 g/mol. The molecule has 0 saturated carbocycles. The van der Waals surface area contributed by atoms with Crippen LogP contribution in [0.1, 0.15) is 313 Å². The maximum absolute atomic E-state index is 14.6. The predicted molar refractivity (Wildman–Crippen MR) is 510 cm³/mol. The summed E-state index contributed by atoms with van der Waals surface area (Å²) in [6.07, 6.45) is 33.4. The number of hydrogen-bond donors (Lipinski definition) is 4. The van der Waals surface area contributed by atoms with E-state index in [1.807, 2.05) is 0 Å². The van der Waals surface area contributed by atoms with Gasteiger partial charge >= 0.3 is 0 Å². The molecule has 4 aromatic carbocycles. The molecule has 16 nitrogen and oxygen atoms in total. The molecular weight excluding hydrogens is 1710 g/mol. The number of unbranched alkanes of at least 4 members (excludes halogenated alkanes) is 20. The number of carbonyl (C=O) groups excluding carboxylic acids is 4. The van der Waals surface area contributed by atoms with Gasteiger partial charge in [-0.3, -0.25) is 19.2 Å². The van der Waals surface area contributed by atoms with Crippen LogP contribution in [0.4, 0.5) is 0 Å². The van der Waals surface area contributed by atoms with Gasteiger partial charge in [-0.25, -0.2) is 0 Å². The van der Waals surface area contributed by atoms with Crippen LogP contribution in [0.3, 0.4) is 0 Å². The molecule has 0 fully saturated rings. The molecule has 0 unspecified atom stereocenters. The van der Waals surface area contributed by atoms with Crippen LogP contribution in [0.5, 0.6) is 23.0 Å².